The molecule has 18 heavy (non-hydrogen) atoms. The number of aliphatic hydroxyl groups is 1. The van der Waals surface area contributed by atoms with Crippen molar-refractivity contribution in [1.82, 2.24) is 0 Å². The van der Waals surface area contributed by atoms with Gasteiger partial charge in [-0.15, -0.1) is 0 Å². The van der Waals surface area contributed by atoms with E-state index in [2.05, 4.69) is 36.1 Å². The largest absolute Gasteiger partial charge is 0.388 e. The van der Waals surface area contributed by atoms with Crippen molar-refractivity contribution in [2.75, 3.05) is 18.0 Å². The Balaban J connectivity index is 2.04. The summed E-state index contributed by atoms with van der Waals surface area (Å²) in [5, 5.41) is 9.80. The fourth-order valence-electron chi connectivity index (χ4n) is 2.78. The van der Waals surface area contributed by atoms with E-state index in [9.17, 15) is 5.11 Å². The Kier molecular flexibility index (Phi) is 4.65. The highest BCUT2D eigenvalue weighted by Crippen LogP contribution is 2.26. The average molecular weight is 247 g/mol. The first-order valence-electron chi connectivity index (χ1n) is 7.27. The van der Waals surface area contributed by atoms with Crippen LogP contribution in [0.4, 0.5) is 5.69 Å². The van der Waals surface area contributed by atoms with Gasteiger partial charge in [0.05, 0.1) is 6.10 Å². The lowest BCUT2D eigenvalue weighted by molar-refractivity contribution is 0.173. The number of piperidine rings is 1. The van der Waals surface area contributed by atoms with Crippen molar-refractivity contribution < 1.29 is 5.11 Å². The molecule has 1 heterocycles. The summed E-state index contributed by atoms with van der Waals surface area (Å²) in [5.41, 5.74) is 2.34. The molecule has 1 aromatic rings. The number of anilines is 1. The molecule has 2 nitrogen and oxygen atoms in total. The summed E-state index contributed by atoms with van der Waals surface area (Å²) >= 11 is 0. The van der Waals surface area contributed by atoms with Crippen LogP contribution in [0, 0.1) is 5.92 Å². The second-order valence-corrected chi connectivity index (χ2v) is 5.38. The van der Waals surface area contributed by atoms with Crippen LogP contribution in [0.25, 0.3) is 0 Å². The summed E-state index contributed by atoms with van der Waals surface area (Å²) in [7, 11) is 0. The van der Waals surface area contributed by atoms with E-state index in [1.165, 1.54) is 38.0 Å². The number of benzene rings is 1. The highest BCUT2D eigenvalue weighted by atomic mass is 16.3. The Labute approximate surface area is 111 Å². The molecule has 100 valence electrons. The van der Waals surface area contributed by atoms with Gasteiger partial charge in [0.15, 0.2) is 0 Å². The predicted octanol–water partition coefficient (Wildman–Crippen LogP) is 3.76. The van der Waals surface area contributed by atoms with E-state index in [1.807, 2.05) is 6.92 Å². The number of aliphatic hydroxyl groups excluding tert-OH is 1. The third kappa shape index (κ3) is 3.05. The smallest absolute Gasteiger partial charge is 0.0787 e. The Morgan fingerprint density at radius 2 is 2.00 bits per heavy atom. The standard InChI is InChI=1S/C16H25NO/c1-3-13-6-5-11-17(12-13)15-9-7-14(8-10-15)16(18)4-2/h7-10,13,16,18H,3-6,11-12H2,1-2H3. The summed E-state index contributed by atoms with van der Waals surface area (Å²) in [6.07, 6.45) is 4.42. The third-order valence-electron chi connectivity index (χ3n) is 4.13. The molecular weight excluding hydrogens is 222 g/mol. The summed E-state index contributed by atoms with van der Waals surface area (Å²) in [5.74, 6) is 0.847. The summed E-state index contributed by atoms with van der Waals surface area (Å²) in [6, 6.07) is 8.45. The van der Waals surface area contributed by atoms with Gasteiger partial charge in [-0.2, -0.15) is 0 Å². The van der Waals surface area contributed by atoms with E-state index < -0.39 is 0 Å². The molecule has 1 fully saturated rings. The lowest BCUT2D eigenvalue weighted by atomic mass is 9.95. The van der Waals surface area contributed by atoms with Gasteiger partial charge >= 0.3 is 0 Å². The van der Waals surface area contributed by atoms with Crippen molar-refractivity contribution in [3.05, 3.63) is 29.8 Å². The van der Waals surface area contributed by atoms with Crippen LogP contribution < -0.4 is 4.90 Å². The zero-order chi connectivity index (χ0) is 13.0. The normalized spacial score (nSPS) is 21.9. The van der Waals surface area contributed by atoms with Gasteiger partial charge in [0.1, 0.15) is 0 Å². The van der Waals surface area contributed by atoms with Crippen LogP contribution in [0.2, 0.25) is 0 Å². The number of hydrogen-bond donors (Lipinski definition) is 1. The van der Waals surface area contributed by atoms with Crippen LogP contribution in [0.5, 0.6) is 0 Å². The first kappa shape index (κ1) is 13.4. The fraction of sp³-hybridized carbons (Fsp3) is 0.625. The fourth-order valence-corrected chi connectivity index (χ4v) is 2.78. The highest BCUT2D eigenvalue weighted by Gasteiger charge is 2.18. The highest BCUT2D eigenvalue weighted by molar-refractivity contribution is 5.48. The minimum Gasteiger partial charge on any atom is -0.388 e. The van der Waals surface area contributed by atoms with E-state index in [0.29, 0.717) is 0 Å². The molecule has 2 atom stereocenters. The lowest BCUT2D eigenvalue weighted by Crippen LogP contribution is -2.35. The van der Waals surface area contributed by atoms with Gasteiger partial charge in [0, 0.05) is 18.8 Å². The minimum absolute atomic E-state index is 0.316. The molecule has 1 aliphatic rings. The van der Waals surface area contributed by atoms with Gasteiger partial charge in [0.25, 0.3) is 0 Å². The average Bonchev–Trinajstić information content (AvgIpc) is 2.46. The molecule has 2 unspecified atom stereocenters. The number of rotatable bonds is 4. The molecule has 0 spiro atoms. The molecule has 1 saturated heterocycles. The number of nitrogens with zero attached hydrogens (tertiary/aromatic N) is 1. The molecule has 0 saturated carbocycles. The first-order valence-corrected chi connectivity index (χ1v) is 7.27. The second kappa shape index (κ2) is 6.24. The van der Waals surface area contributed by atoms with Gasteiger partial charge in [-0.3, -0.25) is 0 Å². The van der Waals surface area contributed by atoms with Crippen LogP contribution in [0.3, 0.4) is 0 Å². The molecule has 0 amide bonds. The van der Waals surface area contributed by atoms with E-state index in [4.69, 9.17) is 0 Å². The summed E-state index contributed by atoms with van der Waals surface area (Å²) in [6.45, 7) is 6.66. The molecule has 0 radical (unpaired) electrons. The van der Waals surface area contributed by atoms with Gasteiger partial charge in [-0.05, 0) is 42.9 Å². The monoisotopic (exact) mass is 247 g/mol. The van der Waals surface area contributed by atoms with Crippen molar-refractivity contribution in [3.63, 3.8) is 0 Å². The van der Waals surface area contributed by atoms with Gasteiger partial charge in [0.2, 0.25) is 0 Å². The zero-order valence-corrected chi connectivity index (χ0v) is 11.6. The second-order valence-electron chi connectivity index (χ2n) is 5.38. The van der Waals surface area contributed by atoms with Gasteiger partial charge < -0.3 is 10.0 Å². The molecule has 2 heteroatoms. The quantitative estimate of drug-likeness (QED) is 0.875. The van der Waals surface area contributed by atoms with Crippen molar-refractivity contribution in [2.24, 2.45) is 5.92 Å². The van der Waals surface area contributed by atoms with Crippen molar-refractivity contribution in [3.8, 4) is 0 Å². The van der Waals surface area contributed by atoms with E-state index in [-0.39, 0.29) is 6.10 Å². The Hall–Kier alpha value is -1.02. The molecule has 1 aromatic carbocycles. The molecular formula is C16H25NO. The van der Waals surface area contributed by atoms with E-state index in [0.717, 1.165) is 17.9 Å². The molecule has 1 N–H and O–H groups in total. The topological polar surface area (TPSA) is 23.5 Å². The third-order valence-corrected chi connectivity index (χ3v) is 4.13. The maximum Gasteiger partial charge on any atom is 0.0787 e. The van der Waals surface area contributed by atoms with Crippen molar-refractivity contribution >= 4 is 5.69 Å². The molecule has 2 rings (SSSR count). The Morgan fingerprint density at radius 3 is 2.61 bits per heavy atom. The molecule has 0 aromatic heterocycles. The van der Waals surface area contributed by atoms with E-state index >= 15 is 0 Å². The Morgan fingerprint density at radius 1 is 1.28 bits per heavy atom. The minimum atomic E-state index is -0.316. The van der Waals surface area contributed by atoms with E-state index in [1.54, 1.807) is 0 Å². The van der Waals surface area contributed by atoms with Crippen LogP contribution in [-0.4, -0.2) is 18.2 Å². The van der Waals surface area contributed by atoms with Crippen LogP contribution in [0.15, 0.2) is 24.3 Å². The molecule has 0 bridgehead atoms. The van der Waals surface area contributed by atoms with Crippen LogP contribution >= 0.6 is 0 Å². The van der Waals surface area contributed by atoms with Crippen molar-refractivity contribution in [2.45, 2.75) is 45.6 Å². The predicted molar refractivity (Wildman–Crippen MR) is 76.9 cm³/mol. The first-order chi connectivity index (χ1) is 8.74. The van der Waals surface area contributed by atoms with Gasteiger partial charge in [-0.1, -0.05) is 32.4 Å². The maximum atomic E-state index is 9.80. The lowest BCUT2D eigenvalue weighted by Gasteiger charge is -2.34. The molecule has 0 aliphatic carbocycles. The zero-order valence-electron chi connectivity index (χ0n) is 11.6. The maximum absolute atomic E-state index is 9.80. The van der Waals surface area contributed by atoms with Gasteiger partial charge in [-0.25, -0.2) is 0 Å². The SMILES string of the molecule is CCC1CCCN(c2ccc(C(O)CC)cc2)C1. The van der Waals surface area contributed by atoms with Crippen molar-refractivity contribution in [1.29, 1.82) is 0 Å². The summed E-state index contributed by atoms with van der Waals surface area (Å²) < 4.78 is 0. The van der Waals surface area contributed by atoms with Crippen LogP contribution in [-0.2, 0) is 0 Å². The molecule has 1 aliphatic heterocycles. The number of hydrogen-bond acceptors (Lipinski definition) is 2. The summed E-state index contributed by atoms with van der Waals surface area (Å²) in [4.78, 5) is 2.49. The Bertz CT molecular complexity index is 360. The van der Waals surface area contributed by atoms with Crippen LogP contribution in [0.1, 0.15) is 51.2 Å².